The van der Waals surface area contributed by atoms with Crippen molar-refractivity contribution in [1.82, 2.24) is 0 Å². The number of methoxy groups -OCH3 is 4. The van der Waals surface area contributed by atoms with E-state index < -0.39 is 9.85 Å². The molecule has 0 heterocycles. The third kappa shape index (κ3) is 6.50. The Labute approximate surface area is 214 Å². The molecule has 2 atom stereocenters. The van der Waals surface area contributed by atoms with Crippen molar-refractivity contribution in [3.63, 3.8) is 0 Å². The van der Waals surface area contributed by atoms with Crippen LogP contribution in [0.4, 0.5) is 11.4 Å². The van der Waals surface area contributed by atoms with E-state index in [0.717, 1.165) is 12.8 Å². The van der Waals surface area contributed by atoms with Gasteiger partial charge in [0.25, 0.3) is 11.4 Å². The molecule has 2 unspecified atom stereocenters. The van der Waals surface area contributed by atoms with Gasteiger partial charge in [-0.2, -0.15) is 0 Å². The predicted octanol–water partition coefficient (Wildman–Crippen LogP) is 6.67. The molecule has 0 saturated heterocycles. The molecule has 2 aromatic rings. The lowest BCUT2D eigenvalue weighted by molar-refractivity contribution is -0.385. The van der Waals surface area contributed by atoms with E-state index in [0.29, 0.717) is 35.5 Å². The monoisotopic (exact) mass is 604 g/mol. The third-order valence-corrected chi connectivity index (χ3v) is 7.20. The largest absolute Gasteiger partial charge is 0.493 e. The van der Waals surface area contributed by atoms with E-state index in [1.807, 2.05) is 0 Å². The van der Waals surface area contributed by atoms with Crippen LogP contribution < -0.4 is 18.9 Å². The fraction of sp³-hybridized carbons (Fsp3) is 0.455. The van der Waals surface area contributed by atoms with Crippen LogP contribution in [0.5, 0.6) is 23.0 Å². The molecule has 0 spiro atoms. The average Bonchev–Trinajstić information content (AvgIpc) is 2.84. The summed E-state index contributed by atoms with van der Waals surface area (Å²) in [7, 11) is 5.79. The van der Waals surface area contributed by atoms with Gasteiger partial charge in [-0.15, -0.1) is 0 Å². The van der Waals surface area contributed by atoms with E-state index in [1.165, 1.54) is 40.6 Å². The van der Waals surface area contributed by atoms with Crippen LogP contribution >= 0.6 is 31.9 Å². The zero-order valence-electron chi connectivity index (χ0n) is 19.2. The number of ether oxygens (including phenoxy) is 4. The number of unbranched alkanes of at least 4 members (excludes halogenated alkanes) is 1. The molecule has 0 radical (unpaired) electrons. The number of alkyl halides is 2. The molecular weight excluding hydrogens is 580 g/mol. The number of nitrogens with zero attached hydrogens (tertiary/aromatic N) is 2. The molecule has 0 aromatic heterocycles. The number of hydrogen-bond donors (Lipinski definition) is 0. The Morgan fingerprint density at radius 2 is 0.971 bits per heavy atom. The van der Waals surface area contributed by atoms with Crippen LogP contribution in [0.1, 0.15) is 46.5 Å². The molecule has 0 fully saturated rings. The number of rotatable bonds is 13. The van der Waals surface area contributed by atoms with Gasteiger partial charge in [0.15, 0.2) is 23.0 Å². The minimum atomic E-state index is -0.448. The van der Waals surface area contributed by atoms with Gasteiger partial charge in [0.1, 0.15) is 0 Å². The predicted molar refractivity (Wildman–Crippen MR) is 134 cm³/mol. The van der Waals surface area contributed by atoms with Crippen LogP contribution in [0.15, 0.2) is 24.3 Å². The number of nitro groups is 2. The normalized spacial score (nSPS) is 12.5. The van der Waals surface area contributed by atoms with E-state index in [2.05, 4.69) is 31.9 Å². The summed E-state index contributed by atoms with van der Waals surface area (Å²) in [6.07, 6.45) is 2.68. The van der Waals surface area contributed by atoms with Gasteiger partial charge in [0.05, 0.1) is 50.4 Å². The molecule has 2 aromatic carbocycles. The zero-order valence-corrected chi connectivity index (χ0v) is 22.4. The fourth-order valence-corrected chi connectivity index (χ4v) is 4.92. The standard InChI is InChI=1S/C22H26Br2N2O8/c1-31-19-9-13(17(25(27)28)11-21(19)33-3)15(23)7-5-6-8-16(24)14-10-20(32-2)22(34-4)12-18(14)26(29)30/h9-12,15-16H,5-8H2,1-4H3. The van der Waals surface area contributed by atoms with Gasteiger partial charge < -0.3 is 18.9 Å². The maximum atomic E-state index is 11.6. The van der Waals surface area contributed by atoms with Crippen LogP contribution in [0, 0.1) is 20.2 Å². The molecule has 2 rings (SSSR count). The summed E-state index contributed by atoms with van der Waals surface area (Å²) in [5.74, 6) is 1.40. The Kier molecular flexibility index (Phi) is 10.4. The van der Waals surface area contributed by atoms with Crippen LogP contribution in [0.25, 0.3) is 0 Å². The SMILES string of the molecule is COc1cc(C(Br)CCCCC(Br)c2cc(OC)c(OC)cc2[N+](=O)[O-])c([N+](=O)[O-])cc1OC. The first-order chi connectivity index (χ1) is 16.2. The molecule has 0 amide bonds. The molecule has 186 valence electrons. The summed E-state index contributed by atoms with van der Waals surface area (Å²) in [6, 6.07) is 5.92. The van der Waals surface area contributed by atoms with Gasteiger partial charge in [0.2, 0.25) is 0 Å². The lowest BCUT2D eigenvalue weighted by Gasteiger charge is -2.16. The van der Waals surface area contributed by atoms with Gasteiger partial charge in [-0.1, -0.05) is 44.7 Å². The third-order valence-electron chi connectivity index (χ3n) is 5.30. The van der Waals surface area contributed by atoms with Crippen molar-refractivity contribution in [2.24, 2.45) is 0 Å². The number of hydrogen-bond acceptors (Lipinski definition) is 8. The van der Waals surface area contributed by atoms with Crippen molar-refractivity contribution < 1.29 is 28.8 Å². The van der Waals surface area contributed by atoms with Gasteiger partial charge in [-0.3, -0.25) is 20.2 Å². The fourth-order valence-electron chi connectivity index (χ4n) is 3.54. The van der Waals surface area contributed by atoms with E-state index in [9.17, 15) is 20.2 Å². The molecule has 0 aliphatic heterocycles. The topological polar surface area (TPSA) is 123 Å². The maximum Gasteiger partial charge on any atom is 0.277 e. The highest BCUT2D eigenvalue weighted by atomic mass is 79.9. The second kappa shape index (κ2) is 12.7. The Bertz CT molecular complexity index is 953. The van der Waals surface area contributed by atoms with Gasteiger partial charge in [-0.25, -0.2) is 0 Å². The highest BCUT2D eigenvalue weighted by Crippen LogP contribution is 2.44. The zero-order chi connectivity index (χ0) is 25.4. The summed E-state index contributed by atoms with van der Waals surface area (Å²) in [5, 5.41) is 23.1. The Hall–Kier alpha value is -2.60. The van der Waals surface area contributed by atoms with Crippen molar-refractivity contribution in [3.05, 3.63) is 55.6 Å². The van der Waals surface area contributed by atoms with Crippen LogP contribution in [0.2, 0.25) is 0 Å². The van der Waals surface area contributed by atoms with Gasteiger partial charge >= 0.3 is 0 Å². The van der Waals surface area contributed by atoms with E-state index >= 15 is 0 Å². The minimum absolute atomic E-state index is 0.0566. The van der Waals surface area contributed by atoms with Gasteiger partial charge in [0, 0.05) is 20.8 Å². The molecule has 10 nitrogen and oxygen atoms in total. The first-order valence-electron chi connectivity index (χ1n) is 10.3. The smallest absolute Gasteiger partial charge is 0.277 e. The lowest BCUT2D eigenvalue weighted by Crippen LogP contribution is -2.02. The van der Waals surface area contributed by atoms with E-state index in [-0.39, 0.29) is 32.5 Å². The second-order valence-electron chi connectivity index (χ2n) is 7.27. The van der Waals surface area contributed by atoms with Crippen molar-refractivity contribution >= 4 is 43.2 Å². The molecule has 0 bridgehead atoms. The van der Waals surface area contributed by atoms with Crippen molar-refractivity contribution in [1.29, 1.82) is 0 Å². The quantitative estimate of drug-likeness (QED) is 0.107. The van der Waals surface area contributed by atoms with Crippen molar-refractivity contribution in [3.8, 4) is 23.0 Å². The average molecular weight is 606 g/mol. The van der Waals surface area contributed by atoms with E-state index in [1.54, 1.807) is 12.1 Å². The lowest BCUT2D eigenvalue weighted by atomic mass is 10.0. The van der Waals surface area contributed by atoms with Crippen molar-refractivity contribution in [2.75, 3.05) is 28.4 Å². The molecule has 12 heteroatoms. The first-order valence-corrected chi connectivity index (χ1v) is 12.1. The maximum absolute atomic E-state index is 11.6. The molecule has 0 N–H and O–H groups in total. The number of benzene rings is 2. The molecule has 0 aliphatic rings. The Morgan fingerprint density at radius 1 is 0.676 bits per heavy atom. The molecule has 34 heavy (non-hydrogen) atoms. The molecular formula is C22H26Br2N2O8. The second-order valence-corrected chi connectivity index (χ2v) is 9.48. The highest BCUT2D eigenvalue weighted by Gasteiger charge is 2.26. The van der Waals surface area contributed by atoms with Gasteiger partial charge in [-0.05, 0) is 25.0 Å². The summed E-state index contributed by atoms with van der Waals surface area (Å²) in [5.41, 5.74) is 0.875. The summed E-state index contributed by atoms with van der Waals surface area (Å²) >= 11 is 7.12. The highest BCUT2D eigenvalue weighted by molar-refractivity contribution is 9.09. The van der Waals surface area contributed by atoms with Crippen LogP contribution in [-0.4, -0.2) is 38.3 Å². The first kappa shape index (κ1) is 27.6. The van der Waals surface area contributed by atoms with E-state index in [4.69, 9.17) is 18.9 Å². The number of halogens is 2. The summed E-state index contributed by atoms with van der Waals surface area (Å²) in [4.78, 5) is 21.7. The summed E-state index contributed by atoms with van der Waals surface area (Å²) in [6.45, 7) is 0. The molecule has 0 saturated carbocycles. The molecule has 0 aliphatic carbocycles. The minimum Gasteiger partial charge on any atom is -0.493 e. The van der Waals surface area contributed by atoms with Crippen LogP contribution in [-0.2, 0) is 0 Å². The summed E-state index contributed by atoms with van der Waals surface area (Å²) < 4.78 is 20.9. The van der Waals surface area contributed by atoms with Crippen molar-refractivity contribution in [2.45, 2.75) is 35.3 Å². The number of nitro benzene ring substituents is 2. The Balaban J connectivity index is 2.10. The van der Waals surface area contributed by atoms with Crippen LogP contribution in [0.3, 0.4) is 0 Å². The Morgan fingerprint density at radius 3 is 1.24 bits per heavy atom.